The first kappa shape index (κ1) is 9.48. The molecule has 0 radical (unpaired) electrons. The Morgan fingerprint density at radius 1 is 1.58 bits per heavy atom. The molecule has 2 atom stereocenters. The van der Waals surface area contributed by atoms with Gasteiger partial charge in [-0.2, -0.15) is 5.01 Å². The second kappa shape index (κ2) is 3.41. The predicted molar refractivity (Wildman–Crippen MR) is 45.0 cm³/mol. The zero-order valence-corrected chi connectivity index (χ0v) is 7.77. The number of carbonyl (C=O) groups excluding carboxylic acids is 1. The summed E-state index contributed by atoms with van der Waals surface area (Å²) >= 11 is 0. The largest absolute Gasteiger partial charge is 0.377 e. The van der Waals surface area contributed by atoms with Crippen LogP contribution in [0.5, 0.6) is 0 Å². The normalized spacial score (nSPS) is 31.6. The monoisotopic (exact) mass is 172 g/mol. The summed E-state index contributed by atoms with van der Waals surface area (Å²) in [6.07, 6.45) is 0.905. The van der Waals surface area contributed by atoms with Gasteiger partial charge in [0.05, 0.1) is 0 Å². The van der Waals surface area contributed by atoms with Crippen molar-refractivity contribution in [2.45, 2.75) is 45.5 Å². The lowest BCUT2D eigenvalue weighted by molar-refractivity contribution is -0.149. The molecule has 1 aliphatic rings. The first-order valence-electron chi connectivity index (χ1n) is 4.28. The lowest BCUT2D eigenvalue weighted by Crippen LogP contribution is -2.46. The van der Waals surface area contributed by atoms with E-state index >= 15 is 0 Å². The Bertz CT molecular complexity index is 172. The molecule has 4 heteroatoms. The second-order valence-electron chi connectivity index (χ2n) is 3.52. The fraction of sp³-hybridized carbons (Fsp3) is 0.875. The smallest absolute Gasteiger partial charge is 0.224 e. The van der Waals surface area contributed by atoms with Gasteiger partial charge in [0.25, 0.3) is 0 Å². The summed E-state index contributed by atoms with van der Waals surface area (Å²) in [5.41, 5.74) is 0. The molecule has 0 spiro atoms. The van der Waals surface area contributed by atoms with E-state index in [0.717, 1.165) is 6.41 Å². The lowest BCUT2D eigenvalue weighted by atomic mass is 10.2. The molecule has 1 amide bonds. The number of amides is 1. The maximum absolute atomic E-state index is 10.7. The van der Waals surface area contributed by atoms with E-state index < -0.39 is 6.23 Å². The van der Waals surface area contributed by atoms with Crippen molar-refractivity contribution in [3.05, 3.63) is 0 Å². The molecule has 1 saturated heterocycles. The van der Waals surface area contributed by atoms with Crippen molar-refractivity contribution in [3.8, 4) is 0 Å². The van der Waals surface area contributed by atoms with E-state index in [1.54, 1.807) is 10.0 Å². The first-order valence-corrected chi connectivity index (χ1v) is 4.28. The SMILES string of the molecule is CC1CC(O)N(C(C)C)N1C=O. The van der Waals surface area contributed by atoms with Crippen LogP contribution in [0.2, 0.25) is 0 Å². The van der Waals surface area contributed by atoms with Gasteiger partial charge in [-0.15, -0.1) is 0 Å². The molecule has 0 aromatic carbocycles. The van der Waals surface area contributed by atoms with Gasteiger partial charge in [0.2, 0.25) is 6.41 Å². The predicted octanol–water partition coefficient (Wildman–Crippen LogP) is 0.181. The van der Waals surface area contributed by atoms with Crippen LogP contribution in [0.1, 0.15) is 27.2 Å². The molecule has 1 N–H and O–H groups in total. The summed E-state index contributed by atoms with van der Waals surface area (Å²) < 4.78 is 0. The van der Waals surface area contributed by atoms with Crippen LogP contribution in [0.15, 0.2) is 0 Å². The maximum Gasteiger partial charge on any atom is 0.224 e. The van der Waals surface area contributed by atoms with Gasteiger partial charge in [-0.3, -0.25) is 9.80 Å². The number of aliphatic hydroxyl groups excluding tert-OH is 1. The quantitative estimate of drug-likeness (QED) is 0.604. The van der Waals surface area contributed by atoms with E-state index in [2.05, 4.69) is 0 Å². The standard InChI is InChI=1S/C8H16N2O2/c1-6(2)10-8(12)4-7(3)9(10)5-11/h5-8,12H,4H2,1-3H3. The minimum absolute atomic E-state index is 0.111. The topological polar surface area (TPSA) is 43.8 Å². The summed E-state index contributed by atoms with van der Waals surface area (Å²) in [6, 6.07) is 0.273. The molecule has 4 nitrogen and oxygen atoms in total. The maximum atomic E-state index is 10.7. The van der Waals surface area contributed by atoms with Gasteiger partial charge in [-0.05, 0) is 20.8 Å². The first-order chi connectivity index (χ1) is 5.57. The molecule has 12 heavy (non-hydrogen) atoms. The Morgan fingerprint density at radius 3 is 2.50 bits per heavy atom. The molecular formula is C8H16N2O2. The highest BCUT2D eigenvalue weighted by atomic mass is 16.3. The highest BCUT2D eigenvalue weighted by molar-refractivity contribution is 5.47. The number of nitrogens with zero attached hydrogens (tertiary/aromatic N) is 2. The van der Waals surface area contributed by atoms with Gasteiger partial charge in [-0.25, -0.2) is 0 Å². The van der Waals surface area contributed by atoms with Crippen LogP contribution in [0.25, 0.3) is 0 Å². The molecule has 2 unspecified atom stereocenters. The lowest BCUT2D eigenvalue weighted by Gasteiger charge is -2.31. The molecule has 70 valence electrons. The Labute approximate surface area is 72.7 Å². The Morgan fingerprint density at radius 2 is 2.17 bits per heavy atom. The van der Waals surface area contributed by atoms with Gasteiger partial charge in [0.1, 0.15) is 6.23 Å². The molecule has 0 aliphatic carbocycles. The summed E-state index contributed by atoms with van der Waals surface area (Å²) in [5, 5.41) is 12.8. The van der Waals surface area contributed by atoms with Gasteiger partial charge >= 0.3 is 0 Å². The number of carbonyl (C=O) groups is 1. The van der Waals surface area contributed by atoms with Crippen LogP contribution in [-0.2, 0) is 4.79 Å². The van der Waals surface area contributed by atoms with Gasteiger partial charge < -0.3 is 5.11 Å². The molecule has 0 saturated carbocycles. The summed E-state index contributed by atoms with van der Waals surface area (Å²) in [4.78, 5) is 10.7. The molecule has 0 aromatic heterocycles. The van der Waals surface area contributed by atoms with Crippen molar-refractivity contribution < 1.29 is 9.90 Å². The number of hydrogen-bond donors (Lipinski definition) is 1. The zero-order valence-electron chi connectivity index (χ0n) is 7.77. The summed E-state index contributed by atoms with van der Waals surface area (Å²) in [7, 11) is 0. The molecule has 1 fully saturated rings. The Kier molecular flexibility index (Phi) is 2.69. The fourth-order valence-electron chi connectivity index (χ4n) is 1.67. The third-order valence-corrected chi connectivity index (χ3v) is 2.21. The average molecular weight is 172 g/mol. The minimum Gasteiger partial charge on any atom is -0.377 e. The van der Waals surface area contributed by atoms with E-state index in [-0.39, 0.29) is 12.1 Å². The Balaban J connectivity index is 2.74. The molecule has 1 rings (SSSR count). The van der Waals surface area contributed by atoms with Crippen molar-refractivity contribution in [1.82, 2.24) is 10.0 Å². The van der Waals surface area contributed by atoms with Gasteiger partial charge in [0, 0.05) is 18.5 Å². The Hall–Kier alpha value is -0.610. The number of aliphatic hydroxyl groups is 1. The third kappa shape index (κ3) is 1.44. The van der Waals surface area contributed by atoms with Gasteiger partial charge in [-0.1, -0.05) is 0 Å². The minimum atomic E-state index is -0.509. The van der Waals surface area contributed by atoms with Crippen LogP contribution in [0.4, 0.5) is 0 Å². The third-order valence-electron chi connectivity index (χ3n) is 2.21. The van der Waals surface area contributed by atoms with Crippen molar-refractivity contribution >= 4 is 6.41 Å². The van der Waals surface area contributed by atoms with E-state index in [1.807, 2.05) is 20.8 Å². The molecule has 0 bridgehead atoms. The van der Waals surface area contributed by atoms with Crippen molar-refractivity contribution in [1.29, 1.82) is 0 Å². The van der Waals surface area contributed by atoms with Crippen molar-refractivity contribution in [2.24, 2.45) is 0 Å². The van der Waals surface area contributed by atoms with Crippen LogP contribution in [0, 0.1) is 0 Å². The number of hydrogen-bond acceptors (Lipinski definition) is 3. The number of rotatable bonds is 2. The van der Waals surface area contributed by atoms with Crippen LogP contribution in [0.3, 0.4) is 0 Å². The van der Waals surface area contributed by atoms with E-state index in [0.29, 0.717) is 6.42 Å². The number of hydrazine groups is 1. The highest BCUT2D eigenvalue weighted by Crippen LogP contribution is 2.23. The average Bonchev–Trinajstić information content (AvgIpc) is 2.24. The fourth-order valence-corrected chi connectivity index (χ4v) is 1.67. The molecule has 0 aromatic rings. The van der Waals surface area contributed by atoms with E-state index in [1.165, 1.54) is 0 Å². The van der Waals surface area contributed by atoms with Crippen LogP contribution >= 0.6 is 0 Å². The van der Waals surface area contributed by atoms with E-state index in [9.17, 15) is 9.90 Å². The van der Waals surface area contributed by atoms with Crippen LogP contribution in [-0.4, -0.2) is 39.8 Å². The van der Waals surface area contributed by atoms with Crippen LogP contribution < -0.4 is 0 Å². The zero-order chi connectivity index (χ0) is 9.30. The summed E-state index contributed by atoms with van der Waals surface area (Å²) in [5.74, 6) is 0. The van der Waals surface area contributed by atoms with Crippen molar-refractivity contribution in [3.63, 3.8) is 0 Å². The molecular weight excluding hydrogens is 156 g/mol. The molecule has 1 aliphatic heterocycles. The highest BCUT2D eigenvalue weighted by Gasteiger charge is 2.36. The van der Waals surface area contributed by atoms with E-state index in [4.69, 9.17) is 0 Å². The summed E-state index contributed by atoms with van der Waals surface area (Å²) in [6.45, 7) is 5.84. The van der Waals surface area contributed by atoms with Gasteiger partial charge in [0.15, 0.2) is 0 Å². The molecule has 1 heterocycles. The van der Waals surface area contributed by atoms with Crippen molar-refractivity contribution in [2.75, 3.05) is 0 Å². The second-order valence-corrected chi connectivity index (χ2v) is 3.52.